The van der Waals surface area contributed by atoms with Gasteiger partial charge in [-0.1, -0.05) is 60.7 Å². The normalized spacial score (nSPS) is 11.2. The van der Waals surface area contributed by atoms with E-state index in [0.29, 0.717) is 6.54 Å². The van der Waals surface area contributed by atoms with Crippen molar-refractivity contribution < 1.29 is 50.6 Å². The lowest BCUT2D eigenvalue weighted by Crippen LogP contribution is -3.00. The van der Waals surface area contributed by atoms with E-state index >= 15 is 0 Å². The zero-order valence-corrected chi connectivity index (χ0v) is 25.7. The van der Waals surface area contributed by atoms with Gasteiger partial charge in [-0.2, -0.15) is 0 Å². The van der Waals surface area contributed by atoms with E-state index in [1.165, 1.54) is 11.8 Å². The van der Waals surface area contributed by atoms with E-state index in [1.807, 2.05) is 61.9 Å². The third kappa shape index (κ3) is 10.4. The molecule has 220 valence electrons. The number of hydrogen-bond donors (Lipinski definition) is 3. The van der Waals surface area contributed by atoms with Crippen LogP contribution in [-0.4, -0.2) is 51.8 Å². The van der Waals surface area contributed by atoms with Crippen molar-refractivity contribution in [1.82, 2.24) is 15.2 Å². The fourth-order valence-electron chi connectivity index (χ4n) is 3.98. The number of rotatable bonds is 14. The second-order valence-electron chi connectivity index (χ2n) is 9.32. The van der Waals surface area contributed by atoms with Gasteiger partial charge in [0.25, 0.3) is 0 Å². The highest BCUT2D eigenvalue weighted by Crippen LogP contribution is 2.21. The molecule has 0 unspecified atom stereocenters. The summed E-state index contributed by atoms with van der Waals surface area (Å²) in [5.41, 5.74) is 4.14. The Labute approximate surface area is 254 Å². The average molecular weight is 648 g/mol. The zero-order chi connectivity index (χ0) is 29.1. The summed E-state index contributed by atoms with van der Waals surface area (Å²) >= 11 is 1.40. The van der Waals surface area contributed by atoms with Crippen molar-refractivity contribution in [3.05, 3.63) is 83.2 Å². The number of carbonyl (C=O) groups is 4. The molecule has 3 aromatic rings. The van der Waals surface area contributed by atoms with Crippen LogP contribution < -0.4 is 32.2 Å². The topological polar surface area (TPSA) is 131 Å². The number of thioether (sulfide) groups is 1. The van der Waals surface area contributed by atoms with E-state index < -0.39 is 30.6 Å². The Kier molecular flexibility index (Phi) is 13.6. The number of nitrogens with one attached hydrogen (secondary N) is 2. The van der Waals surface area contributed by atoms with Crippen molar-refractivity contribution in [2.24, 2.45) is 7.05 Å². The number of carbonyl (C=O) groups excluding carboxylic acids is 3. The molecule has 0 fully saturated rings. The van der Waals surface area contributed by atoms with Crippen LogP contribution in [0.4, 0.5) is 4.79 Å². The Hall–Kier alpha value is -3.64. The van der Waals surface area contributed by atoms with E-state index in [-0.39, 0.29) is 48.0 Å². The van der Waals surface area contributed by atoms with E-state index in [0.717, 1.165) is 27.7 Å². The molecule has 0 aliphatic heterocycles. The van der Waals surface area contributed by atoms with Gasteiger partial charge in [-0.3, -0.25) is 9.59 Å². The fraction of sp³-hybridized carbons (Fsp3) is 0.345. The van der Waals surface area contributed by atoms with Gasteiger partial charge in [0, 0.05) is 20.3 Å². The molecular formula is C29H35BrN4O6S. The van der Waals surface area contributed by atoms with Gasteiger partial charge in [0.2, 0.25) is 5.91 Å². The van der Waals surface area contributed by atoms with Crippen LogP contribution in [0.15, 0.2) is 65.8 Å². The number of aliphatic carboxylic acids is 1. The number of nitrogens with zero attached hydrogens (tertiary/aromatic N) is 2. The van der Waals surface area contributed by atoms with Crippen LogP contribution in [0.25, 0.3) is 0 Å². The number of ether oxygens (including phenoxy) is 1. The average Bonchev–Trinajstić information content (AvgIpc) is 3.15. The summed E-state index contributed by atoms with van der Waals surface area (Å²) in [7, 11) is 1.96. The highest BCUT2D eigenvalue weighted by molar-refractivity contribution is 7.99. The van der Waals surface area contributed by atoms with Gasteiger partial charge < -0.3 is 37.5 Å². The van der Waals surface area contributed by atoms with E-state index in [9.17, 15) is 24.3 Å². The minimum atomic E-state index is -1.26. The summed E-state index contributed by atoms with van der Waals surface area (Å²) in [5.74, 6) is -1.91. The lowest BCUT2D eigenvalue weighted by molar-refractivity contribution is -0.715. The number of Topliss-reactive ketones (excluding diaryl/α,β-unsaturated/α-hetero) is 1. The maximum absolute atomic E-state index is 12.7. The molecule has 0 saturated carbocycles. The summed E-state index contributed by atoms with van der Waals surface area (Å²) in [6.07, 6.45) is -0.875. The van der Waals surface area contributed by atoms with Gasteiger partial charge in [-0.25, -0.2) is 18.7 Å². The van der Waals surface area contributed by atoms with Gasteiger partial charge in [0.05, 0.1) is 12.8 Å². The third-order valence-electron chi connectivity index (χ3n) is 6.45. The van der Waals surface area contributed by atoms with Crippen LogP contribution in [0.2, 0.25) is 0 Å². The number of amides is 2. The lowest BCUT2D eigenvalue weighted by atomic mass is 10.1. The molecule has 0 aliphatic carbocycles. The monoisotopic (exact) mass is 646 g/mol. The standard InChI is InChI=1S/C29H34N4O6S.BrH/c1-20-21(2)33(17-22-10-6-4-7-11-22)29(32(20)3)40-19-24(34)14-15-25(27(36)37)31-26(35)16-30-28(38)39-18-23-12-8-5-9-13-23;/h4-13,25H,14-19H2,1-3H3,(H2-,30,31,35,36,37,38);1H/t25-;/m0./s1. The van der Waals surface area contributed by atoms with Crippen LogP contribution in [-0.2, 0) is 39.3 Å². The van der Waals surface area contributed by atoms with Crippen molar-refractivity contribution >= 4 is 35.5 Å². The second-order valence-corrected chi connectivity index (χ2v) is 10.3. The predicted molar refractivity (Wildman–Crippen MR) is 150 cm³/mol. The number of aromatic nitrogens is 2. The maximum atomic E-state index is 12.7. The molecule has 2 amide bonds. The zero-order valence-electron chi connectivity index (χ0n) is 23.3. The van der Waals surface area contributed by atoms with Crippen LogP contribution in [0, 0.1) is 13.8 Å². The van der Waals surface area contributed by atoms with Crippen molar-refractivity contribution in [2.45, 2.75) is 51.0 Å². The Bertz CT molecular complexity index is 1330. The molecular weight excluding hydrogens is 612 g/mol. The molecule has 0 spiro atoms. The Morgan fingerprint density at radius 3 is 2.22 bits per heavy atom. The summed E-state index contributed by atoms with van der Waals surface area (Å²) < 4.78 is 9.25. The third-order valence-corrected chi connectivity index (χ3v) is 7.67. The van der Waals surface area contributed by atoms with Crippen molar-refractivity contribution in [3.8, 4) is 0 Å². The second kappa shape index (κ2) is 16.6. The summed E-state index contributed by atoms with van der Waals surface area (Å²) in [4.78, 5) is 48.4. The first-order valence-electron chi connectivity index (χ1n) is 12.9. The molecule has 3 N–H and O–H groups in total. The highest BCUT2D eigenvalue weighted by atomic mass is 79.9. The van der Waals surface area contributed by atoms with E-state index in [2.05, 4.69) is 27.3 Å². The van der Waals surface area contributed by atoms with Crippen LogP contribution in [0.5, 0.6) is 0 Å². The van der Waals surface area contributed by atoms with Gasteiger partial charge in [0.15, 0.2) is 0 Å². The number of benzene rings is 2. The SMILES string of the molecule is Cc1c(C)[n+](C)c(SCC(=O)CC[C@H](NC(=O)CNC(=O)OCc2ccccc2)C(=O)O)n1Cc1ccccc1.[Br-]. The molecule has 0 radical (unpaired) electrons. The van der Waals surface area contributed by atoms with Gasteiger partial charge >= 0.3 is 17.2 Å². The predicted octanol–water partition coefficient (Wildman–Crippen LogP) is -0.0811. The largest absolute Gasteiger partial charge is 1.00 e. The first kappa shape index (κ1) is 33.6. The molecule has 0 saturated heterocycles. The number of hydrogen-bond acceptors (Lipinski definition) is 6. The molecule has 0 bridgehead atoms. The van der Waals surface area contributed by atoms with Crippen molar-refractivity contribution in [2.75, 3.05) is 12.3 Å². The summed E-state index contributed by atoms with van der Waals surface area (Å²) in [6.45, 7) is 4.34. The van der Waals surface area contributed by atoms with Crippen molar-refractivity contribution in [1.29, 1.82) is 0 Å². The molecule has 41 heavy (non-hydrogen) atoms. The van der Waals surface area contributed by atoms with Crippen molar-refractivity contribution in [3.63, 3.8) is 0 Å². The van der Waals surface area contributed by atoms with E-state index in [1.54, 1.807) is 12.1 Å². The van der Waals surface area contributed by atoms with Crippen LogP contribution >= 0.6 is 11.8 Å². The molecule has 1 aromatic heterocycles. The Morgan fingerprint density at radius 2 is 1.61 bits per heavy atom. The first-order valence-corrected chi connectivity index (χ1v) is 13.8. The molecule has 0 aliphatic rings. The highest BCUT2D eigenvalue weighted by Gasteiger charge is 2.26. The minimum absolute atomic E-state index is 0. The number of imidazole rings is 1. The molecule has 2 aromatic carbocycles. The molecule has 1 atom stereocenters. The smallest absolute Gasteiger partial charge is 0.407 e. The van der Waals surface area contributed by atoms with Crippen LogP contribution in [0.1, 0.15) is 35.4 Å². The first-order chi connectivity index (χ1) is 19.2. The number of carboxylic acids is 1. The number of carboxylic acid groups (broad SMARTS) is 1. The van der Waals surface area contributed by atoms with Gasteiger partial charge in [-0.05, 0) is 29.3 Å². The Balaban J connectivity index is 0.00000588. The van der Waals surface area contributed by atoms with Gasteiger partial charge in [-0.15, -0.1) is 0 Å². The minimum Gasteiger partial charge on any atom is -1.00 e. The quantitative estimate of drug-likeness (QED) is 0.165. The lowest BCUT2D eigenvalue weighted by Gasteiger charge is -2.14. The molecule has 1 heterocycles. The number of ketones is 1. The molecule has 12 heteroatoms. The fourth-order valence-corrected chi connectivity index (χ4v) is 5.11. The number of halogens is 1. The van der Waals surface area contributed by atoms with Gasteiger partial charge in [0.1, 0.15) is 42.9 Å². The number of alkyl carbamates (subject to hydrolysis) is 1. The Morgan fingerprint density at radius 1 is 1.00 bits per heavy atom. The molecule has 3 rings (SSSR count). The summed E-state index contributed by atoms with van der Waals surface area (Å²) in [6, 6.07) is 17.8. The van der Waals surface area contributed by atoms with E-state index in [4.69, 9.17) is 4.74 Å². The van der Waals surface area contributed by atoms with Crippen LogP contribution in [0.3, 0.4) is 0 Å². The maximum Gasteiger partial charge on any atom is 0.407 e. The molecule has 10 nitrogen and oxygen atoms in total. The summed E-state index contributed by atoms with van der Waals surface area (Å²) in [5, 5.41) is 15.1.